The first-order valence-corrected chi connectivity index (χ1v) is 9.68. The summed E-state index contributed by atoms with van der Waals surface area (Å²) in [6.45, 7) is 3.32. The minimum absolute atomic E-state index is 0.158. The highest BCUT2D eigenvalue weighted by Gasteiger charge is 2.15. The molecule has 2 unspecified atom stereocenters. The fraction of sp³-hybridized carbons (Fsp3) is 0.500. The molecule has 2 atom stereocenters. The largest absolute Gasteiger partial charge is 0.508 e. The normalized spacial score (nSPS) is 16.4. The maximum absolute atomic E-state index is 11.8. The molecule has 20 heavy (non-hydrogen) atoms. The van der Waals surface area contributed by atoms with E-state index in [9.17, 15) is 17.7 Å². The predicted molar refractivity (Wildman–Crippen MR) is 80.4 cm³/mol. The molecule has 0 aromatic heterocycles. The third kappa shape index (κ3) is 5.89. The van der Waals surface area contributed by atoms with Crippen LogP contribution < -0.4 is 4.72 Å². The summed E-state index contributed by atoms with van der Waals surface area (Å²) in [5.41, 5.74) is 0.880. The first-order chi connectivity index (χ1) is 9.13. The number of phenolic OH excluding ortho intramolecular Hbond substituents is 1. The Bertz CT molecular complexity index is 659. The molecule has 1 aromatic carbocycles. The molecule has 0 radical (unpaired) electrons. The van der Waals surface area contributed by atoms with E-state index in [-0.39, 0.29) is 17.5 Å². The van der Waals surface area contributed by atoms with Crippen LogP contribution in [0.25, 0.3) is 0 Å². The van der Waals surface area contributed by atoms with E-state index < -0.39 is 19.9 Å². The van der Waals surface area contributed by atoms with Crippen LogP contribution in [0.15, 0.2) is 28.0 Å². The van der Waals surface area contributed by atoms with Gasteiger partial charge in [-0.1, -0.05) is 22.8 Å². The van der Waals surface area contributed by atoms with Gasteiger partial charge in [0.2, 0.25) is 0 Å². The average molecular weight is 320 g/mol. The van der Waals surface area contributed by atoms with E-state index in [0.29, 0.717) is 6.42 Å². The molecule has 0 aliphatic rings. The molecular formula is C12H20N2O4S2. The quantitative estimate of drug-likeness (QED) is 0.825. The summed E-state index contributed by atoms with van der Waals surface area (Å²) in [5.74, 6) is 0.339. The van der Waals surface area contributed by atoms with E-state index in [0.717, 1.165) is 5.56 Å². The van der Waals surface area contributed by atoms with Crippen molar-refractivity contribution < 1.29 is 17.7 Å². The molecule has 0 aliphatic carbocycles. The Morgan fingerprint density at radius 1 is 1.25 bits per heavy atom. The third-order valence-corrected chi connectivity index (χ3v) is 6.44. The molecule has 1 rings (SSSR count). The molecule has 8 heteroatoms. The summed E-state index contributed by atoms with van der Waals surface area (Å²) in [4.78, 5) is 0. The fourth-order valence-corrected chi connectivity index (χ4v) is 4.41. The number of nitrogens with one attached hydrogen (secondary N) is 1. The maximum Gasteiger partial charge on any atom is 0.327 e. The Balaban J connectivity index is 2.76. The predicted octanol–water partition coefficient (Wildman–Crippen LogP) is 1.28. The number of aromatic hydroxyl groups is 1. The Kier molecular flexibility index (Phi) is 5.55. The number of rotatable bonds is 6. The van der Waals surface area contributed by atoms with Gasteiger partial charge in [-0.15, -0.1) is 0 Å². The Morgan fingerprint density at radius 2 is 1.80 bits per heavy atom. The van der Waals surface area contributed by atoms with E-state index >= 15 is 0 Å². The highest BCUT2D eigenvalue weighted by Crippen LogP contribution is 2.11. The lowest BCUT2D eigenvalue weighted by Gasteiger charge is -2.12. The van der Waals surface area contributed by atoms with E-state index in [4.69, 9.17) is 0 Å². The van der Waals surface area contributed by atoms with Gasteiger partial charge in [-0.05, 0) is 31.0 Å². The highest BCUT2D eigenvalue weighted by atomic mass is 32.3. The van der Waals surface area contributed by atoms with Crippen molar-refractivity contribution in [2.24, 2.45) is 3.77 Å². The van der Waals surface area contributed by atoms with Crippen LogP contribution in [-0.4, -0.2) is 35.8 Å². The molecule has 114 valence electrons. The van der Waals surface area contributed by atoms with Crippen molar-refractivity contribution in [3.05, 3.63) is 29.8 Å². The first kappa shape index (κ1) is 16.9. The van der Waals surface area contributed by atoms with Crippen molar-refractivity contribution >= 4 is 19.9 Å². The van der Waals surface area contributed by atoms with Crippen LogP contribution in [0.4, 0.5) is 0 Å². The van der Waals surface area contributed by atoms with Crippen molar-refractivity contribution in [3.63, 3.8) is 0 Å². The second-order valence-electron chi connectivity index (χ2n) is 4.69. The molecule has 0 heterocycles. The van der Waals surface area contributed by atoms with Gasteiger partial charge < -0.3 is 5.11 Å². The topological polar surface area (TPSA) is 95.8 Å². The zero-order valence-corrected chi connectivity index (χ0v) is 13.4. The lowest BCUT2D eigenvalue weighted by Crippen LogP contribution is -2.33. The lowest BCUT2D eigenvalue weighted by molar-refractivity contribution is 0.475. The summed E-state index contributed by atoms with van der Waals surface area (Å²) in [6.07, 6.45) is 1.77. The van der Waals surface area contributed by atoms with Crippen molar-refractivity contribution in [3.8, 4) is 5.75 Å². The Labute approximate surface area is 120 Å². The minimum Gasteiger partial charge on any atom is -0.508 e. The zero-order valence-electron chi connectivity index (χ0n) is 11.7. The zero-order chi connectivity index (χ0) is 15.4. The number of phenols is 1. The smallest absolute Gasteiger partial charge is 0.327 e. The monoisotopic (exact) mass is 320 g/mol. The van der Waals surface area contributed by atoms with Crippen LogP contribution in [0.2, 0.25) is 0 Å². The van der Waals surface area contributed by atoms with Crippen LogP contribution in [0.1, 0.15) is 19.4 Å². The van der Waals surface area contributed by atoms with Gasteiger partial charge in [0.15, 0.2) is 0 Å². The summed E-state index contributed by atoms with van der Waals surface area (Å²) in [5, 5.41) is 9.17. The summed E-state index contributed by atoms with van der Waals surface area (Å²) in [6, 6.07) is 6.12. The van der Waals surface area contributed by atoms with Gasteiger partial charge in [0.1, 0.15) is 5.75 Å². The van der Waals surface area contributed by atoms with E-state index in [1.54, 1.807) is 26.0 Å². The molecular weight excluding hydrogens is 300 g/mol. The molecule has 1 aromatic rings. The maximum atomic E-state index is 11.8. The highest BCUT2D eigenvalue weighted by molar-refractivity contribution is 8.02. The average Bonchev–Trinajstić information content (AvgIpc) is 2.30. The second-order valence-corrected chi connectivity index (χ2v) is 8.97. The van der Waals surface area contributed by atoms with Crippen LogP contribution in [0.3, 0.4) is 0 Å². The van der Waals surface area contributed by atoms with Gasteiger partial charge in [0.25, 0.3) is 0 Å². The second kappa shape index (κ2) is 6.55. The molecule has 0 aliphatic heterocycles. The number of benzene rings is 1. The molecule has 2 N–H and O–H groups in total. The fourth-order valence-electron chi connectivity index (χ4n) is 1.56. The van der Waals surface area contributed by atoms with Gasteiger partial charge in [-0.3, -0.25) is 0 Å². The third-order valence-electron chi connectivity index (χ3n) is 2.62. The van der Waals surface area contributed by atoms with Crippen molar-refractivity contribution in [2.45, 2.75) is 26.3 Å². The lowest BCUT2D eigenvalue weighted by atomic mass is 10.1. The number of hydrogen-bond acceptors (Lipinski definition) is 4. The summed E-state index contributed by atoms with van der Waals surface area (Å²) >= 11 is 0. The number of nitrogens with zero attached hydrogens (tertiary/aromatic N) is 1. The molecule has 6 nitrogen and oxygen atoms in total. The van der Waals surface area contributed by atoms with Crippen LogP contribution in [0.5, 0.6) is 5.75 Å². The van der Waals surface area contributed by atoms with Gasteiger partial charge in [0, 0.05) is 18.1 Å². The van der Waals surface area contributed by atoms with Crippen molar-refractivity contribution in [1.29, 1.82) is 0 Å². The van der Waals surface area contributed by atoms with Gasteiger partial charge in [-0.2, -0.15) is 13.1 Å². The number of hydrogen-bond donors (Lipinski definition) is 2. The van der Waals surface area contributed by atoms with Crippen LogP contribution in [-0.2, 0) is 26.4 Å². The first-order valence-electron chi connectivity index (χ1n) is 6.15. The van der Waals surface area contributed by atoms with Crippen LogP contribution >= 0.6 is 0 Å². The van der Waals surface area contributed by atoms with E-state index in [2.05, 4.69) is 8.49 Å². The SMILES string of the molecule is CCS(C)(=O)=NS(=O)(=O)NC(C)Cc1ccc(O)cc1. The Morgan fingerprint density at radius 3 is 2.30 bits per heavy atom. The van der Waals surface area contributed by atoms with Crippen molar-refractivity contribution in [2.75, 3.05) is 12.0 Å². The molecule has 0 amide bonds. The summed E-state index contributed by atoms with van der Waals surface area (Å²) in [7, 11) is -6.64. The molecule has 0 spiro atoms. The van der Waals surface area contributed by atoms with E-state index in [1.165, 1.54) is 18.4 Å². The van der Waals surface area contributed by atoms with Crippen LogP contribution in [0, 0.1) is 0 Å². The Hall–Kier alpha value is -1.12. The van der Waals surface area contributed by atoms with Gasteiger partial charge in [-0.25, -0.2) is 4.21 Å². The summed E-state index contributed by atoms with van der Waals surface area (Å²) < 4.78 is 41.0. The standard InChI is InChI=1S/C12H20N2O4S2/c1-4-19(3,16)14-20(17,18)13-10(2)9-11-5-7-12(15)8-6-11/h5-8,10,13,15H,4,9H2,1-3H3. The molecule has 0 saturated heterocycles. The van der Waals surface area contributed by atoms with Crippen molar-refractivity contribution in [1.82, 2.24) is 4.72 Å². The minimum atomic E-state index is -3.93. The van der Waals surface area contributed by atoms with Gasteiger partial charge in [0.05, 0.1) is 9.73 Å². The molecule has 0 saturated carbocycles. The molecule has 0 fully saturated rings. The van der Waals surface area contributed by atoms with Gasteiger partial charge >= 0.3 is 10.2 Å². The molecule has 0 bridgehead atoms. The van der Waals surface area contributed by atoms with E-state index in [1.807, 2.05) is 0 Å².